The summed E-state index contributed by atoms with van der Waals surface area (Å²) in [6, 6.07) is 1.24. The minimum absolute atomic E-state index is 0.113. The number of primary amides is 1. The summed E-state index contributed by atoms with van der Waals surface area (Å²) in [4.78, 5) is 25.7. The molecule has 3 rings (SSSR count). The third kappa shape index (κ3) is 2.39. The van der Waals surface area contributed by atoms with E-state index < -0.39 is 41.0 Å². The van der Waals surface area contributed by atoms with E-state index in [9.17, 15) is 23.5 Å². The van der Waals surface area contributed by atoms with Crippen LogP contribution in [0, 0.1) is 23.5 Å². The number of nitrogens with zero attached hydrogens (tertiary/aromatic N) is 1. The molecule has 3 atom stereocenters. The van der Waals surface area contributed by atoms with Crippen LogP contribution in [-0.4, -0.2) is 29.1 Å². The van der Waals surface area contributed by atoms with Crippen molar-refractivity contribution in [1.29, 1.82) is 0 Å². The van der Waals surface area contributed by atoms with Gasteiger partial charge in [0.25, 0.3) is 0 Å². The monoisotopic (exact) mass is 323 g/mol. The third-order valence-corrected chi connectivity index (χ3v) is 4.74. The minimum atomic E-state index is -1.34. The summed E-state index contributed by atoms with van der Waals surface area (Å²) in [6.45, 7) is 0. The van der Waals surface area contributed by atoms with Crippen molar-refractivity contribution in [3.8, 4) is 0 Å². The highest BCUT2D eigenvalue weighted by atomic mass is 19.1. The molecule has 3 unspecified atom stereocenters. The summed E-state index contributed by atoms with van der Waals surface area (Å²) in [6.07, 6.45) is 2.80. The molecule has 1 aromatic carbocycles. The van der Waals surface area contributed by atoms with Crippen molar-refractivity contribution in [1.82, 2.24) is 0 Å². The Kier molecular flexibility index (Phi) is 3.83. The van der Waals surface area contributed by atoms with Crippen molar-refractivity contribution in [3.63, 3.8) is 0 Å². The van der Waals surface area contributed by atoms with Gasteiger partial charge in [-0.05, 0) is 31.4 Å². The van der Waals surface area contributed by atoms with E-state index >= 15 is 0 Å². The van der Waals surface area contributed by atoms with E-state index in [-0.39, 0.29) is 5.69 Å². The van der Waals surface area contributed by atoms with Crippen LogP contribution in [0.1, 0.15) is 25.7 Å². The molecule has 2 amide bonds. The van der Waals surface area contributed by atoms with Crippen LogP contribution in [0.4, 0.5) is 14.5 Å². The first kappa shape index (κ1) is 15.9. The summed E-state index contributed by atoms with van der Waals surface area (Å²) in [5.41, 5.74) is 4.09. The lowest BCUT2D eigenvalue weighted by Gasteiger charge is -2.33. The standard InChI is InChI=1S/C16H17F2N2O3/c17-9-6-10(18)8-11(7-9)20-12(14(19)22)13(21)16(15(20)23)4-2-1-3-5-16/h2,6-8,12-13,21H,1,3-5H2,(H2,19,22). The Hall–Kier alpha value is -2.02. The van der Waals surface area contributed by atoms with Crippen LogP contribution in [0.25, 0.3) is 0 Å². The number of nitrogens with two attached hydrogens (primary N) is 1. The maximum atomic E-state index is 13.5. The second-order valence-corrected chi connectivity index (χ2v) is 6.14. The first-order chi connectivity index (χ1) is 10.9. The van der Waals surface area contributed by atoms with Crippen molar-refractivity contribution >= 4 is 17.5 Å². The molecule has 1 saturated carbocycles. The molecule has 1 spiro atoms. The van der Waals surface area contributed by atoms with E-state index in [0.29, 0.717) is 25.3 Å². The van der Waals surface area contributed by atoms with E-state index in [4.69, 9.17) is 5.73 Å². The van der Waals surface area contributed by atoms with Gasteiger partial charge < -0.3 is 10.8 Å². The Bertz CT molecular complexity index is 638. The Morgan fingerprint density at radius 2 is 1.96 bits per heavy atom. The van der Waals surface area contributed by atoms with Gasteiger partial charge in [-0.3, -0.25) is 14.5 Å². The molecule has 2 aliphatic rings. The summed E-state index contributed by atoms with van der Waals surface area (Å²) in [7, 11) is 0. The van der Waals surface area contributed by atoms with Crippen molar-refractivity contribution in [3.05, 3.63) is 36.3 Å². The lowest BCUT2D eigenvalue weighted by Crippen LogP contribution is -2.47. The van der Waals surface area contributed by atoms with Crippen LogP contribution in [0.5, 0.6) is 0 Å². The zero-order chi connectivity index (χ0) is 16.8. The van der Waals surface area contributed by atoms with Crippen molar-refractivity contribution in [2.24, 2.45) is 11.1 Å². The molecule has 0 bridgehead atoms. The number of benzene rings is 1. The van der Waals surface area contributed by atoms with Crippen LogP contribution in [0.15, 0.2) is 18.2 Å². The fourth-order valence-corrected chi connectivity index (χ4v) is 3.66. The number of carbonyl (C=O) groups excluding carboxylic acids is 2. The molecule has 123 valence electrons. The Labute approximate surface area is 132 Å². The van der Waals surface area contributed by atoms with Gasteiger partial charge in [0.1, 0.15) is 17.7 Å². The van der Waals surface area contributed by atoms with Crippen molar-refractivity contribution in [2.75, 3.05) is 4.90 Å². The summed E-state index contributed by atoms with van der Waals surface area (Å²) in [5, 5.41) is 10.6. The van der Waals surface area contributed by atoms with Gasteiger partial charge in [-0.2, -0.15) is 0 Å². The van der Waals surface area contributed by atoms with E-state index in [1.165, 1.54) is 0 Å². The highest BCUT2D eigenvalue weighted by Gasteiger charge is 2.60. The average Bonchev–Trinajstić information content (AvgIpc) is 2.69. The second-order valence-electron chi connectivity index (χ2n) is 6.14. The number of hydrogen-bond acceptors (Lipinski definition) is 3. The molecule has 1 aliphatic carbocycles. The summed E-state index contributed by atoms with van der Waals surface area (Å²) >= 11 is 0. The molecule has 2 fully saturated rings. The Morgan fingerprint density at radius 1 is 1.30 bits per heavy atom. The van der Waals surface area contributed by atoms with Gasteiger partial charge in [-0.1, -0.05) is 12.8 Å². The Morgan fingerprint density at radius 3 is 2.48 bits per heavy atom. The molecule has 1 saturated heterocycles. The van der Waals surface area contributed by atoms with E-state index in [2.05, 4.69) is 0 Å². The maximum absolute atomic E-state index is 13.5. The molecular formula is C16H17F2N2O3. The normalized spacial score (nSPS) is 26.7. The Balaban J connectivity index is 2.10. The average molecular weight is 323 g/mol. The van der Waals surface area contributed by atoms with Gasteiger partial charge in [-0.25, -0.2) is 8.78 Å². The molecule has 0 aromatic heterocycles. The molecule has 1 aromatic rings. The smallest absolute Gasteiger partial charge is 0.243 e. The number of halogens is 2. The number of anilines is 1. The molecule has 1 radical (unpaired) electrons. The van der Waals surface area contributed by atoms with Crippen LogP contribution < -0.4 is 10.6 Å². The largest absolute Gasteiger partial charge is 0.389 e. The SMILES string of the molecule is NC(=O)C1C(O)C2(C[CH]CCC2)C(=O)N1c1cc(F)cc(F)c1. The van der Waals surface area contributed by atoms with Crippen LogP contribution in [0.2, 0.25) is 0 Å². The zero-order valence-corrected chi connectivity index (χ0v) is 12.3. The molecule has 7 heteroatoms. The van der Waals surface area contributed by atoms with Crippen LogP contribution in [-0.2, 0) is 9.59 Å². The first-order valence-corrected chi connectivity index (χ1v) is 7.45. The number of aliphatic hydroxyl groups excluding tert-OH is 1. The third-order valence-electron chi connectivity index (χ3n) is 4.74. The number of aliphatic hydroxyl groups is 1. The van der Waals surface area contributed by atoms with E-state index in [1.807, 2.05) is 6.42 Å². The zero-order valence-electron chi connectivity index (χ0n) is 12.3. The first-order valence-electron chi connectivity index (χ1n) is 7.45. The minimum Gasteiger partial charge on any atom is -0.389 e. The number of amides is 2. The fourth-order valence-electron chi connectivity index (χ4n) is 3.66. The van der Waals surface area contributed by atoms with Gasteiger partial charge in [0.15, 0.2) is 0 Å². The van der Waals surface area contributed by atoms with Gasteiger partial charge in [0.05, 0.1) is 17.2 Å². The molecule has 1 aliphatic heterocycles. The molecule has 5 nitrogen and oxygen atoms in total. The lowest BCUT2D eigenvalue weighted by molar-refractivity contribution is -0.130. The summed E-state index contributed by atoms with van der Waals surface area (Å²) in [5.74, 6) is -3.17. The molecular weight excluding hydrogens is 306 g/mol. The van der Waals surface area contributed by atoms with Crippen LogP contribution in [0.3, 0.4) is 0 Å². The predicted molar refractivity (Wildman–Crippen MR) is 78.0 cm³/mol. The van der Waals surface area contributed by atoms with E-state index in [0.717, 1.165) is 23.5 Å². The number of hydrogen-bond donors (Lipinski definition) is 2. The van der Waals surface area contributed by atoms with Crippen LogP contribution >= 0.6 is 0 Å². The lowest BCUT2D eigenvalue weighted by atomic mass is 9.70. The van der Waals surface area contributed by atoms with Gasteiger partial charge in [0, 0.05) is 6.07 Å². The molecule has 23 heavy (non-hydrogen) atoms. The number of carbonyl (C=O) groups is 2. The topological polar surface area (TPSA) is 83.6 Å². The summed E-state index contributed by atoms with van der Waals surface area (Å²) < 4.78 is 27.0. The molecule has 3 N–H and O–H groups in total. The predicted octanol–water partition coefficient (Wildman–Crippen LogP) is 1.29. The quantitative estimate of drug-likeness (QED) is 0.860. The van der Waals surface area contributed by atoms with Crippen molar-refractivity contribution in [2.45, 2.75) is 37.8 Å². The fraction of sp³-hybridized carbons (Fsp3) is 0.438. The number of rotatable bonds is 2. The van der Waals surface area contributed by atoms with Gasteiger partial charge in [-0.15, -0.1) is 0 Å². The second kappa shape index (κ2) is 5.56. The van der Waals surface area contributed by atoms with E-state index in [1.54, 1.807) is 0 Å². The highest BCUT2D eigenvalue weighted by molar-refractivity contribution is 6.08. The maximum Gasteiger partial charge on any atom is 0.243 e. The van der Waals surface area contributed by atoms with Gasteiger partial charge >= 0.3 is 0 Å². The molecule has 1 heterocycles. The highest BCUT2D eigenvalue weighted by Crippen LogP contribution is 2.48. The van der Waals surface area contributed by atoms with Gasteiger partial charge in [0.2, 0.25) is 11.8 Å². The van der Waals surface area contributed by atoms with Crippen molar-refractivity contribution < 1.29 is 23.5 Å².